The number of anilines is 2. The molecule has 1 atom stereocenters. The van der Waals surface area contributed by atoms with Gasteiger partial charge in [0, 0.05) is 42.4 Å². The molecule has 0 unspecified atom stereocenters. The highest BCUT2D eigenvalue weighted by atomic mass is 16.6. The van der Waals surface area contributed by atoms with Gasteiger partial charge in [0.2, 0.25) is 5.91 Å². The zero-order valence-electron chi connectivity index (χ0n) is 13.1. The van der Waals surface area contributed by atoms with Gasteiger partial charge in [-0.2, -0.15) is 0 Å². The molecule has 0 bridgehead atoms. The number of rotatable bonds is 5. The zero-order chi connectivity index (χ0) is 17.1. The van der Waals surface area contributed by atoms with Gasteiger partial charge in [-0.05, 0) is 17.7 Å². The fourth-order valence-corrected chi connectivity index (χ4v) is 2.86. The molecule has 0 saturated heterocycles. The minimum Gasteiger partial charge on any atom is -0.490 e. The molecule has 0 saturated carbocycles. The summed E-state index contributed by atoms with van der Waals surface area (Å²) in [6.07, 6.45) is 0.397. The number of nitro groups is 1. The van der Waals surface area contributed by atoms with Crippen molar-refractivity contribution in [3.05, 3.63) is 58.1 Å². The zero-order valence-corrected chi connectivity index (χ0v) is 13.1. The van der Waals surface area contributed by atoms with Crippen molar-refractivity contribution in [2.45, 2.75) is 12.3 Å². The Hall–Kier alpha value is -3.09. The number of para-hydroxylation sites is 1. The molecule has 0 aromatic heterocycles. The third-order valence-corrected chi connectivity index (χ3v) is 4.04. The largest absolute Gasteiger partial charge is 0.490 e. The van der Waals surface area contributed by atoms with Crippen molar-refractivity contribution in [3.8, 4) is 5.75 Å². The average molecular weight is 327 g/mol. The van der Waals surface area contributed by atoms with E-state index in [4.69, 9.17) is 4.74 Å². The van der Waals surface area contributed by atoms with Crippen molar-refractivity contribution >= 4 is 23.0 Å². The number of hydrogen-bond acceptors (Lipinski definition) is 5. The van der Waals surface area contributed by atoms with Gasteiger partial charge >= 0.3 is 5.69 Å². The molecule has 1 heterocycles. The molecule has 0 aliphatic carbocycles. The Morgan fingerprint density at radius 3 is 2.88 bits per heavy atom. The summed E-state index contributed by atoms with van der Waals surface area (Å²) < 4.78 is 5.07. The highest BCUT2D eigenvalue weighted by Crippen LogP contribution is 2.33. The Morgan fingerprint density at radius 1 is 1.33 bits per heavy atom. The van der Waals surface area contributed by atoms with Gasteiger partial charge < -0.3 is 15.4 Å². The van der Waals surface area contributed by atoms with Crippen molar-refractivity contribution in [3.63, 3.8) is 0 Å². The smallest absolute Gasteiger partial charge is 0.311 e. The topological polar surface area (TPSA) is 93.5 Å². The molecule has 7 heteroatoms. The summed E-state index contributed by atoms with van der Waals surface area (Å²) in [5.41, 5.74) is 2.55. The molecule has 0 fully saturated rings. The lowest BCUT2D eigenvalue weighted by molar-refractivity contribution is -0.385. The van der Waals surface area contributed by atoms with Crippen LogP contribution in [0.3, 0.4) is 0 Å². The molecule has 2 aromatic carbocycles. The molecule has 24 heavy (non-hydrogen) atoms. The number of fused-ring (bicyclic) bond motifs is 1. The monoisotopic (exact) mass is 327 g/mol. The van der Waals surface area contributed by atoms with Crippen LogP contribution in [0.2, 0.25) is 0 Å². The van der Waals surface area contributed by atoms with Gasteiger partial charge in [-0.25, -0.2) is 0 Å². The van der Waals surface area contributed by atoms with E-state index in [-0.39, 0.29) is 23.3 Å². The molecule has 124 valence electrons. The Balaban J connectivity index is 1.77. The average Bonchev–Trinajstić information content (AvgIpc) is 2.59. The summed E-state index contributed by atoms with van der Waals surface area (Å²) in [4.78, 5) is 22.3. The van der Waals surface area contributed by atoms with Gasteiger partial charge in [0.25, 0.3) is 0 Å². The van der Waals surface area contributed by atoms with Crippen LogP contribution in [0.25, 0.3) is 0 Å². The van der Waals surface area contributed by atoms with Crippen LogP contribution < -0.4 is 15.4 Å². The van der Waals surface area contributed by atoms with Gasteiger partial charge in [-0.1, -0.05) is 18.2 Å². The van der Waals surface area contributed by atoms with Gasteiger partial charge in [-0.3, -0.25) is 14.9 Å². The molecule has 2 aromatic rings. The van der Waals surface area contributed by atoms with E-state index in [0.29, 0.717) is 18.7 Å². The Bertz CT molecular complexity index is 791. The van der Waals surface area contributed by atoms with Crippen molar-refractivity contribution in [2.24, 2.45) is 0 Å². The maximum absolute atomic E-state index is 11.8. The fraction of sp³-hybridized carbons (Fsp3) is 0.235. The van der Waals surface area contributed by atoms with Gasteiger partial charge in [0.15, 0.2) is 5.75 Å². The first-order valence-electron chi connectivity index (χ1n) is 7.53. The number of ether oxygens (including phenoxy) is 1. The standard InChI is InChI=1S/C17H17N3O4/c1-24-16-9-12(6-7-15(16)20(22)23)18-10-11-8-17(21)19-14-5-3-2-4-13(11)14/h2-7,9,11,18H,8,10H2,1H3,(H,19,21)/t11-/m1/s1. The maximum atomic E-state index is 11.8. The predicted octanol–water partition coefficient (Wildman–Crippen LogP) is 3.14. The molecule has 7 nitrogen and oxygen atoms in total. The minimum atomic E-state index is -0.482. The summed E-state index contributed by atoms with van der Waals surface area (Å²) in [6.45, 7) is 0.547. The fourth-order valence-electron chi connectivity index (χ4n) is 2.86. The number of carbonyl (C=O) groups excluding carboxylic acids is 1. The number of nitro benzene ring substituents is 1. The number of hydrogen-bond donors (Lipinski definition) is 2. The summed E-state index contributed by atoms with van der Waals surface area (Å²) >= 11 is 0. The maximum Gasteiger partial charge on any atom is 0.311 e. The predicted molar refractivity (Wildman–Crippen MR) is 90.6 cm³/mol. The number of methoxy groups -OCH3 is 1. The van der Waals surface area contributed by atoms with Crippen LogP contribution in [0.5, 0.6) is 5.75 Å². The van der Waals surface area contributed by atoms with E-state index in [1.807, 2.05) is 24.3 Å². The van der Waals surface area contributed by atoms with E-state index in [1.165, 1.54) is 13.2 Å². The third kappa shape index (κ3) is 3.15. The molecule has 1 amide bonds. The molecule has 2 N–H and O–H groups in total. The number of benzene rings is 2. The Morgan fingerprint density at radius 2 is 2.12 bits per heavy atom. The van der Waals surface area contributed by atoms with Crippen LogP contribution in [-0.4, -0.2) is 24.5 Å². The molecule has 0 radical (unpaired) electrons. The first-order chi connectivity index (χ1) is 11.6. The van der Waals surface area contributed by atoms with Crippen LogP contribution in [0, 0.1) is 10.1 Å². The third-order valence-electron chi connectivity index (χ3n) is 4.04. The van der Waals surface area contributed by atoms with E-state index >= 15 is 0 Å². The van der Waals surface area contributed by atoms with Gasteiger partial charge in [0.05, 0.1) is 12.0 Å². The van der Waals surface area contributed by atoms with E-state index < -0.39 is 4.92 Å². The van der Waals surface area contributed by atoms with E-state index in [9.17, 15) is 14.9 Å². The summed E-state index contributed by atoms with van der Waals surface area (Å²) in [6, 6.07) is 12.3. The second-order valence-electron chi connectivity index (χ2n) is 5.56. The number of carbonyl (C=O) groups is 1. The second-order valence-corrected chi connectivity index (χ2v) is 5.56. The van der Waals surface area contributed by atoms with Crippen molar-refractivity contribution in [2.75, 3.05) is 24.3 Å². The van der Waals surface area contributed by atoms with Crippen LogP contribution in [0.15, 0.2) is 42.5 Å². The van der Waals surface area contributed by atoms with Crippen LogP contribution in [-0.2, 0) is 4.79 Å². The van der Waals surface area contributed by atoms with Crippen molar-refractivity contribution in [1.29, 1.82) is 0 Å². The van der Waals surface area contributed by atoms with E-state index in [2.05, 4.69) is 10.6 Å². The highest BCUT2D eigenvalue weighted by molar-refractivity contribution is 5.94. The van der Waals surface area contributed by atoms with Gasteiger partial charge in [-0.15, -0.1) is 0 Å². The molecular formula is C17H17N3O4. The highest BCUT2D eigenvalue weighted by Gasteiger charge is 2.24. The SMILES string of the molecule is COc1cc(NC[C@H]2CC(=O)Nc3ccccc32)ccc1[N+](=O)[O-]. The summed E-state index contributed by atoms with van der Waals surface area (Å²) in [7, 11) is 1.40. The second kappa shape index (κ2) is 6.57. The van der Waals surface area contributed by atoms with Crippen LogP contribution >= 0.6 is 0 Å². The number of nitrogens with one attached hydrogen (secondary N) is 2. The summed E-state index contributed by atoms with van der Waals surface area (Å²) in [5, 5.41) is 17.0. The first-order valence-corrected chi connectivity index (χ1v) is 7.53. The normalized spacial score (nSPS) is 16.0. The molecule has 1 aliphatic rings. The van der Waals surface area contributed by atoms with Gasteiger partial charge in [0.1, 0.15) is 0 Å². The Kier molecular flexibility index (Phi) is 4.33. The molecule has 0 spiro atoms. The quantitative estimate of drug-likeness (QED) is 0.650. The lowest BCUT2D eigenvalue weighted by atomic mass is 9.90. The van der Waals surface area contributed by atoms with E-state index in [0.717, 1.165) is 11.3 Å². The molecular weight excluding hydrogens is 310 g/mol. The van der Waals surface area contributed by atoms with Crippen molar-refractivity contribution < 1.29 is 14.5 Å². The summed E-state index contributed by atoms with van der Waals surface area (Å²) in [5.74, 6) is 0.227. The van der Waals surface area contributed by atoms with Crippen molar-refractivity contribution in [1.82, 2.24) is 0 Å². The van der Waals surface area contributed by atoms with E-state index in [1.54, 1.807) is 12.1 Å². The lowest BCUT2D eigenvalue weighted by Gasteiger charge is -2.26. The first kappa shape index (κ1) is 15.8. The number of nitrogens with zero attached hydrogens (tertiary/aromatic N) is 1. The molecule has 3 rings (SSSR count). The minimum absolute atomic E-state index is 0.0122. The molecule has 1 aliphatic heterocycles. The van der Waals surface area contributed by atoms with Crippen LogP contribution in [0.4, 0.5) is 17.1 Å². The Labute approximate surface area is 138 Å². The van der Waals surface area contributed by atoms with Crippen LogP contribution in [0.1, 0.15) is 17.9 Å². The lowest BCUT2D eigenvalue weighted by Crippen LogP contribution is -2.26. The number of amides is 1.